The Morgan fingerprint density at radius 2 is 1.90 bits per heavy atom. The fraction of sp³-hybridized carbons (Fsp3) is 0.333. The van der Waals surface area contributed by atoms with E-state index in [9.17, 15) is 0 Å². The lowest BCUT2D eigenvalue weighted by Crippen LogP contribution is -2.39. The summed E-state index contributed by atoms with van der Waals surface area (Å²) in [5.74, 6) is 3.01. The number of aliphatic imine (C=N–C) groups is 1. The number of hydrogen-bond acceptors (Lipinski definition) is 4. The van der Waals surface area contributed by atoms with Crippen molar-refractivity contribution < 1.29 is 9.15 Å². The van der Waals surface area contributed by atoms with Crippen molar-refractivity contribution in [3.8, 4) is 5.75 Å². The Bertz CT molecular complexity index is 955. The van der Waals surface area contributed by atoms with Crippen LogP contribution >= 0.6 is 39.9 Å². The third-order valence-electron chi connectivity index (χ3n) is 4.23. The lowest BCUT2D eigenvalue weighted by atomic mass is 10.1. The van der Waals surface area contributed by atoms with Gasteiger partial charge < -0.3 is 19.8 Å². The maximum absolute atomic E-state index is 5.87. The number of aromatic nitrogens is 1. The highest BCUT2D eigenvalue weighted by Gasteiger charge is 2.05. The fourth-order valence-electron chi connectivity index (χ4n) is 2.72. The molecule has 156 valence electrons. The van der Waals surface area contributed by atoms with Gasteiger partial charge in [-0.25, -0.2) is 9.98 Å². The molecule has 0 aliphatic heterocycles. The van der Waals surface area contributed by atoms with E-state index >= 15 is 0 Å². The van der Waals surface area contributed by atoms with Crippen LogP contribution in [0.25, 0.3) is 10.8 Å². The topological polar surface area (TPSA) is 71.7 Å². The number of oxazole rings is 1. The standard InChI is InChI=1S/C21H25BrN4O2.HI/c1-4-23-21(25-13-20-26-14(2)15(3)28-20)24-9-10-27-19-8-6-16-11-18(22)7-5-17(16)12-19;/h5-8,11-12H,4,9-10,13H2,1-3H3,(H2,23,24,25);1H. The molecule has 1 aromatic heterocycles. The van der Waals surface area contributed by atoms with Crippen molar-refractivity contribution in [1.29, 1.82) is 0 Å². The molecule has 0 amide bonds. The van der Waals surface area contributed by atoms with E-state index in [0.29, 0.717) is 31.5 Å². The predicted octanol–water partition coefficient (Wildman–Crippen LogP) is 4.96. The third-order valence-corrected chi connectivity index (χ3v) is 4.72. The highest BCUT2D eigenvalue weighted by atomic mass is 127. The lowest BCUT2D eigenvalue weighted by Gasteiger charge is -2.12. The Morgan fingerprint density at radius 1 is 1.14 bits per heavy atom. The molecule has 8 heteroatoms. The zero-order valence-electron chi connectivity index (χ0n) is 16.8. The van der Waals surface area contributed by atoms with Crippen LogP contribution in [0.5, 0.6) is 5.75 Å². The van der Waals surface area contributed by atoms with Crippen LogP contribution in [0.3, 0.4) is 0 Å². The molecule has 1 heterocycles. The van der Waals surface area contributed by atoms with Gasteiger partial charge in [-0.1, -0.05) is 28.1 Å². The quantitative estimate of drug-likeness (QED) is 0.181. The molecule has 0 radical (unpaired) electrons. The molecular formula is C21H26BrIN4O2. The van der Waals surface area contributed by atoms with E-state index in [1.54, 1.807) is 0 Å². The van der Waals surface area contributed by atoms with Gasteiger partial charge in [0, 0.05) is 11.0 Å². The summed E-state index contributed by atoms with van der Waals surface area (Å²) in [5.41, 5.74) is 0.902. The largest absolute Gasteiger partial charge is 0.492 e. The summed E-state index contributed by atoms with van der Waals surface area (Å²) in [7, 11) is 0. The van der Waals surface area contributed by atoms with Gasteiger partial charge in [-0.15, -0.1) is 24.0 Å². The summed E-state index contributed by atoms with van der Waals surface area (Å²) in [6.07, 6.45) is 0. The normalized spacial score (nSPS) is 11.2. The first-order valence-electron chi connectivity index (χ1n) is 9.32. The highest BCUT2D eigenvalue weighted by Crippen LogP contribution is 2.24. The number of rotatable bonds is 7. The van der Waals surface area contributed by atoms with Gasteiger partial charge in [-0.2, -0.15) is 0 Å². The highest BCUT2D eigenvalue weighted by molar-refractivity contribution is 14.0. The molecule has 2 N–H and O–H groups in total. The molecule has 0 atom stereocenters. The number of halogens is 2. The smallest absolute Gasteiger partial charge is 0.216 e. The lowest BCUT2D eigenvalue weighted by molar-refractivity contribution is 0.322. The van der Waals surface area contributed by atoms with E-state index < -0.39 is 0 Å². The van der Waals surface area contributed by atoms with Crippen LogP contribution in [0.15, 0.2) is 50.3 Å². The van der Waals surface area contributed by atoms with Crippen molar-refractivity contribution in [2.45, 2.75) is 27.3 Å². The fourth-order valence-corrected chi connectivity index (χ4v) is 3.10. The van der Waals surface area contributed by atoms with E-state index in [1.165, 1.54) is 5.39 Å². The average Bonchev–Trinajstić information content (AvgIpc) is 3.00. The molecule has 0 aliphatic rings. The second-order valence-electron chi connectivity index (χ2n) is 6.37. The molecule has 0 saturated carbocycles. The number of hydrogen-bond donors (Lipinski definition) is 2. The molecular weight excluding hydrogens is 547 g/mol. The van der Waals surface area contributed by atoms with Crippen molar-refractivity contribution in [3.63, 3.8) is 0 Å². The molecule has 3 rings (SSSR count). The van der Waals surface area contributed by atoms with Crippen molar-refractivity contribution in [1.82, 2.24) is 15.6 Å². The summed E-state index contributed by atoms with van der Waals surface area (Å²) >= 11 is 3.49. The average molecular weight is 573 g/mol. The molecule has 0 unspecified atom stereocenters. The van der Waals surface area contributed by atoms with Gasteiger partial charge in [0.1, 0.15) is 24.7 Å². The number of ether oxygens (including phenoxy) is 1. The maximum atomic E-state index is 5.87. The van der Waals surface area contributed by atoms with Crippen LogP contribution in [0.1, 0.15) is 24.3 Å². The molecule has 3 aromatic rings. The minimum Gasteiger partial charge on any atom is -0.492 e. The summed E-state index contributed by atoms with van der Waals surface area (Å²) < 4.78 is 12.5. The zero-order chi connectivity index (χ0) is 19.9. The number of fused-ring (bicyclic) bond motifs is 1. The van der Waals surface area contributed by atoms with Crippen LogP contribution < -0.4 is 15.4 Å². The Morgan fingerprint density at radius 3 is 2.62 bits per heavy atom. The molecule has 2 aromatic carbocycles. The van der Waals surface area contributed by atoms with Crippen molar-refractivity contribution in [2.75, 3.05) is 19.7 Å². The first-order valence-corrected chi connectivity index (χ1v) is 10.1. The Balaban J connectivity index is 0.00000300. The number of aryl methyl sites for hydroxylation is 2. The van der Waals surface area contributed by atoms with Gasteiger partial charge in [0.15, 0.2) is 5.96 Å². The van der Waals surface area contributed by atoms with Gasteiger partial charge in [-0.05, 0) is 55.8 Å². The molecule has 6 nitrogen and oxygen atoms in total. The number of nitrogens with zero attached hydrogens (tertiary/aromatic N) is 2. The SMILES string of the molecule is CCNC(=NCc1nc(C)c(C)o1)NCCOc1ccc2cc(Br)ccc2c1.I. The van der Waals surface area contributed by atoms with E-state index in [0.717, 1.165) is 33.6 Å². The third kappa shape index (κ3) is 6.88. The van der Waals surface area contributed by atoms with E-state index in [2.05, 4.69) is 54.7 Å². The molecule has 0 aliphatic carbocycles. The minimum absolute atomic E-state index is 0. The number of benzene rings is 2. The summed E-state index contributed by atoms with van der Waals surface area (Å²) in [5, 5.41) is 8.81. The van der Waals surface area contributed by atoms with Crippen molar-refractivity contribution in [3.05, 3.63) is 58.2 Å². The maximum Gasteiger partial charge on any atom is 0.216 e. The molecule has 0 saturated heterocycles. The minimum atomic E-state index is 0. The Labute approximate surface area is 196 Å². The van der Waals surface area contributed by atoms with Crippen LogP contribution in [0.2, 0.25) is 0 Å². The van der Waals surface area contributed by atoms with Crippen molar-refractivity contribution in [2.24, 2.45) is 4.99 Å². The van der Waals surface area contributed by atoms with E-state index in [1.807, 2.05) is 39.0 Å². The van der Waals surface area contributed by atoms with E-state index in [-0.39, 0.29) is 24.0 Å². The molecule has 0 spiro atoms. The van der Waals surface area contributed by atoms with Crippen molar-refractivity contribution >= 4 is 56.6 Å². The van der Waals surface area contributed by atoms with Gasteiger partial charge in [-0.3, -0.25) is 0 Å². The van der Waals surface area contributed by atoms with Gasteiger partial charge in [0.05, 0.1) is 12.2 Å². The zero-order valence-corrected chi connectivity index (χ0v) is 20.7. The van der Waals surface area contributed by atoms with Gasteiger partial charge in [0.2, 0.25) is 5.89 Å². The molecule has 0 fully saturated rings. The second kappa shape index (κ2) is 11.4. The first-order chi connectivity index (χ1) is 13.5. The number of nitrogens with one attached hydrogen (secondary N) is 2. The predicted molar refractivity (Wildman–Crippen MR) is 131 cm³/mol. The van der Waals surface area contributed by atoms with E-state index in [4.69, 9.17) is 9.15 Å². The first kappa shape index (κ1) is 23.5. The van der Waals surface area contributed by atoms with Crippen LogP contribution in [-0.4, -0.2) is 30.6 Å². The molecule has 29 heavy (non-hydrogen) atoms. The summed E-state index contributed by atoms with van der Waals surface area (Å²) in [4.78, 5) is 8.86. The van der Waals surface area contributed by atoms with Crippen LogP contribution in [-0.2, 0) is 6.54 Å². The second-order valence-corrected chi connectivity index (χ2v) is 7.29. The monoisotopic (exact) mass is 572 g/mol. The molecule has 0 bridgehead atoms. The number of guanidine groups is 1. The van der Waals surface area contributed by atoms with Crippen LogP contribution in [0, 0.1) is 13.8 Å². The summed E-state index contributed by atoms with van der Waals surface area (Å²) in [6, 6.07) is 12.3. The summed E-state index contributed by atoms with van der Waals surface area (Å²) in [6.45, 7) is 8.19. The van der Waals surface area contributed by atoms with Gasteiger partial charge in [0.25, 0.3) is 0 Å². The Kier molecular flexibility index (Phi) is 9.22. The van der Waals surface area contributed by atoms with Gasteiger partial charge >= 0.3 is 0 Å². The Hall–Kier alpha value is -1.81. The van der Waals surface area contributed by atoms with Crippen LogP contribution in [0.4, 0.5) is 0 Å².